The van der Waals surface area contributed by atoms with E-state index in [-0.39, 0.29) is 18.1 Å². The van der Waals surface area contributed by atoms with Crippen molar-refractivity contribution in [3.8, 4) is 5.75 Å². The third-order valence-corrected chi connectivity index (χ3v) is 2.57. The molecule has 100 valence electrons. The fourth-order valence-electron chi connectivity index (χ4n) is 1.69. The van der Waals surface area contributed by atoms with Crippen LogP contribution in [0.5, 0.6) is 5.75 Å². The average molecular weight is 267 g/mol. The van der Waals surface area contributed by atoms with Crippen LogP contribution in [0.3, 0.4) is 0 Å². The minimum Gasteiger partial charge on any atom is -0.484 e. The molecule has 0 spiro atoms. The maximum Gasteiger partial charge on any atom is 0.136 e. The summed E-state index contributed by atoms with van der Waals surface area (Å²) in [5.74, 6) is -1.80. The number of rotatable bonds is 4. The number of ether oxygens (including phenoxy) is 1. The van der Waals surface area contributed by atoms with E-state index >= 15 is 0 Å². The van der Waals surface area contributed by atoms with Crippen molar-refractivity contribution in [1.29, 1.82) is 0 Å². The molecule has 0 saturated carbocycles. The molecule has 0 radical (unpaired) electrons. The molecule has 1 unspecified atom stereocenters. The van der Waals surface area contributed by atoms with E-state index < -0.39 is 17.7 Å². The van der Waals surface area contributed by atoms with Gasteiger partial charge in [-0.15, -0.1) is 0 Å². The maximum atomic E-state index is 13.0. The lowest BCUT2D eigenvalue weighted by molar-refractivity contribution is 0.212. The molecule has 0 aliphatic heterocycles. The zero-order valence-electron chi connectivity index (χ0n) is 9.95. The van der Waals surface area contributed by atoms with Crippen molar-refractivity contribution in [2.24, 2.45) is 5.73 Å². The van der Waals surface area contributed by atoms with Gasteiger partial charge >= 0.3 is 0 Å². The molecule has 0 saturated heterocycles. The fourth-order valence-corrected chi connectivity index (χ4v) is 1.69. The van der Waals surface area contributed by atoms with Crippen molar-refractivity contribution in [1.82, 2.24) is 0 Å². The van der Waals surface area contributed by atoms with E-state index in [1.54, 1.807) is 0 Å². The van der Waals surface area contributed by atoms with Gasteiger partial charge in [0.1, 0.15) is 29.3 Å². The van der Waals surface area contributed by atoms with E-state index in [0.29, 0.717) is 5.56 Å². The lowest BCUT2D eigenvalue weighted by Crippen LogP contribution is -2.18. The highest BCUT2D eigenvalue weighted by Crippen LogP contribution is 2.23. The molecule has 2 aromatic rings. The second-order valence-electron chi connectivity index (χ2n) is 4.00. The number of benzene rings is 2. The molecule has 1 atom stereocenters. The normalized spacial score (nSPS) is 12.2. The Hall–Kier alpha value is -2.01. The monoisotopic (exact) mass is 267 g/mol. The Morgan fingerprint density at radius 2 is 1.47 bits per heavy atom. The van der Waals surface area contributed by atoms with Crippen LogP contribution in [0, 0.1) is 17.5 Å². The SMILES string of the molecule is NCC(Oc1cc(F)cc(F)c1)c1ccc(F)cc1. The second kappa shape index (κ2) is 5.75. The molecule has 0 aromatic heterocycles. The molecular weight excluding hydrogens is 255 g/mol. The van der Waals surface area contributed by atoms with Gasteiger partial charge in [-0.05, 0) is 17.7 Å². The quantitative estimate of drug-likeness (QED) is 0.923. The van der Waals surface area contributed by atoms with Gasteiger partial charge in [0.15, 0.2) is 0 Å². The first kappa shape index (κ1) is 13.4. The predicted octanol–water partition coefficient (Wildman–Crippen LogP) is 3.18. The lowest BCUT2D eigenvalue weighted by atomic mass is 10.1. The van der Waals surface area contributed by atoms with Crippen molar-refractivity contribution >= 4 is 0 Å². The van der Waals surface area contributed by atoms with Crippen LogP contribution in [-0.4, -0.2) is 6.54 Å². The van der Waals surface area contributed by atoms with Gasteiger partial charge < -0.3 is 10.5 Å². The second-order valence-corrected chi connectivity index (χ2v) is 4.00. The summed E-state index contributed by atoms with van der Waals surface area (Å²) in [5, 5.41) is 0. The summed E-state index contributed by atoms with van der Waals surface area (Å²) in [6.07, 6.45) is -0.596. The Bertz CT molecular complexity index is 537. The van der Waals surface area contributed by atoms with Gasteiger partial charge in [-0.2, -0.15) is 0 Å². The first-order chi connectivity index (χ1) is 9.08. The molecule has 0 amide bonds. The Balaban J connectivity index is 2.21. The summed E-state index contributed by atoms with van der Waals surface area (Å²) in [7, 11) is 0. The van der Waals surface area contributed by atoms with E-state index in [1.165, 1.54) is 24.3 Å². The zero-order valence-corrected chi connectivity index (χ0v) is 9.95. The third kappa shape index (κ3) is 3.48. The van der Waals surface area contributed by atoms with Crippen LogP contribution < -0.4 is 10.5 Å². The van der Waals surface area contributed by atoms with Crippen LogP contribution in [-0.2, 0) is 0 Å². The number of hydrogen-bond acceptors (Lipinski definition) is 2. The summed E-state index contributed by atoms with van der Waals surface area (Å²) in [4.78, 5) is 0. The lowest BCUT2D eigenvalue weighted by Gasteiger charge is -2.18. The van der Waals surface area contributed by atoms with Crippen LogP contribution in [0.15, 0.2) is 42.5 Å². The van der Waals surface area contributed by atoms with Crippen molar-refractivity contribution in [2.75, 3.05) is 6.54 Å². The highest BCUT2D eigenvalue weighted by atomic mass is 19.1. The fraction of sp³-hybridized carbons (Fsp3) is 0.143. The maximum absolute atomic E-state index is 13.0. The molecule has 0 aliphatic carbocycles. The molecule has 0 bridgehead atoms. The van der Waals surface area contributed by atoms with E-state index in [1.807, 2.05) is 0 Å². The summed E-state index contributed by atoms with van der Waals surface area (Å²) in [6, 6.07) is 8.46. The van der Waals surface area contributed by atoms with E-state index in [2.05, 4.69) is 0 Å². The molecule has 0 fully saturated rings. The molecule has 0 aliphatic rings. The van der Waals surface area contributed by atoms with Crippen LogP contribution in [0.25, 0.3) is 0 Å². The van der Waals surface area contributed by atoms with Crippen molar-refractivity contribution in [3.05, 3.63) is 65.5 Å². The van der Waals surface area contributed by atoms with E-state index in [9.17, 15) is 13.2 Å². The van der Waals surface area contributed by atoms with Crippen molar-refractivity contribution in [2.45, 2.75) is 6.10 Å². The summed E-state index contributed by atoms with van der Waals surface area (Å²) in [5.41, 5.74) is 6.19. The first-order valence-electron chi connectivity index (χ1n) is 5.67. The molecule has 2 rings (SSSR count). The van der Waals surface area contributed by atoms with E-state index in [0.717, 1.165) is 18.2 Å². The average Bonchev–Trinajstić information content (AvgIpc) is 2.36. The van der Waals surface area contributed by atoms with Gasteiger partial charge in [-0.1, -0.05) is 12.1 Å². The van der Waals surface area contributed by atoms with Crippen molar-refractivity contribution in [3.63, 3.8) is 0 Å². The Morgan fingerprint density at radius 3 is 2.00 bits per heavy atom. The highest BCUT2D eigenvalue weighted by Gasteiger charge is 2.13. The smallest absolute Gasteiger partial charge is 0.136 e. The van der Waals surface area contributed by atoms with Crippen LogP contribution in [0.2, 0.25) is 0 Å². The highest BCUT2D eigenvalue weighted by molar-refractivity contribution is 5.26. The summed E-state index contributed by atoms with van der Waals surface area (Å²) >= 11 is 0. The first-order valence-corrected chi connectivity index (χ1v) is 5.67. The summed E-state index contributed by atoms with van der Waals surface area (Å²) < 4.78 is 44.3. The Kier molecular flexibility index (Phi) is 4.06. The van der Waals surface area contributed by atoms with Gasteiger partial charge in [0, 0.05) is 24.7 Å². The molecule has 0 heterocycles. The molecule has 5 heteroatoms. The number of nitrogens with two attached hydrogens (primary N) is 1. The minimum absolute atomic E-state index is 0.0391. The molecule has 2 aromatic carbocycles. The van der Waals surface area contributed by atoms with Crippen LogP contribution in [0.1, 0.15) is 11.7 Å². The van der Waals surface area contributed by atoms with E-state index in [4.69, 9.17) is 10.5 Å². The molecular formula is C14H12F3NO. The predicted molar refractivity (Wildman–Crippen MR) is 65.2 cm³/mol. The van der Waals surface area contributed by atoms with Crippen molar-refractivity contribution < 1.29 is 17.9 Å². The number of hydrogen-bond donors (Lipinski definition) is 1. The minimum atomic E-state index is -0.732. The van der Waals surface area contributed by atoms with Gasteiger partial charge in [-0.3, -0.25) is 0 Å². The number of halogens is 3. The molecule has 2 nitrogen and oxygen atoms in total. The largest absolute Gasteiger partial charge is 0.484 e. The topological polar surface area (TPSA) is 35.2 Å². The summed E-state index contributed by atoms with van der Waals surface area (Å²) in [6.45, 7) is 0.101. The molecule has 2 N–H and O–H groups in total. The standard InChI is InChI=1S/C14H12F3NO/c15-10-3-1-9(2-4-10)14(8-18)19-13-6-11(16)5-12(17)7-13/h1-7,14H,8,18H2. The zero-order chi connectivity index (χ0) is 13.8. The third-order valence-electron chi connectivity index (χ3n) is 2.57. The van der Waals surface area contributed by atoms with Gasteiger partial charge in [0.2, 0.25) is 0 Å². The van der Waals surface area contributed by atoms with Gasteiger partial charge in [0.05, 0.1) is 0 Å². The Morgan fingerprint density at radius 1 is 0.895 bits per heavy atom. The van der Waals surface area contributed by atoms with Crippen LogP contribution >= 0.6 is 0 Å². The van der Waals surface area contributed by atoms with Crippen LogP contribution in [0.4, 0.5) is 13.2 Å². The molecule has 19 heavy (non-hydrogen) atoms. The van der Waals surface area contributed by atoms with Gasteiger partial charge in [-0.25, -0.2) is 13.2 Å². The Labute approximate surface area is 108 Å². The van der Waals surface area contributed by atoms with Gasteiger partial charge in [0.25, 0.3) is 0 Å².